The first-order chi connectivity index (χ1) is 11.8. The summed E-state index contributed by atoms with van der Waals surface area (Å²) in [4.78, 5) is 11.0. The van der Waals surface area contributed by atoms with Crippen molar-refractivity contribution in [3.05, 3.63) is 48.7 Å². The number of hydrogen-bond acceptors (Lipinski definition) is 7. The van der Waals surface area contributed by atoms with E-state index in [-0.39, 0.29) is 0 Å². The first-order valence-corrected chi connectivity index (χ1v) is 7.89. The molecule has 0 radical (unpaired) electrons. The van der Waals surface area contributed by atoms with Crippen LogP contribution < -0.4 is 10.2 Å². The van der Waals surface area contributed by atoms with Gasteiger partial charge in [-0.05, 0) is 25.1 Å². The lowest BCUT2D eigenvalue weighted by molar-refractivity contribution is 0.425. The van der Waals surface area contributed by atoms with E-state index < -0.39 is 0 Å². The molecule has 0 unspecified atom stereocenters. The van der Waals surface area contributed by atoms with E-state index in [2.05, 4.69) is 35.5 Å². The Hall–Kier alpha value is -3.03. The molecule has 0 amide bonds. The number of nitrogens with zero attached hydrogens (tertiary/aromatic N) is 7. The maximum atomic E-state index is 4.52. The second-order valence-corrected chi connectivity index (χ2v) is 5.90. The third-order valence-electron chi connectivity index (χ3n) is 4.00. The van der Waals surface area contributed by atoms with E-state index in [1.54, 1.807) is 23.3 Å². The quantitative estimate of drug-likeness (QED) is 0.758. The van der Waals surface area contributed by atoms with Crippen LogP contribution in [0.25, 0.3) is 5.82 Å². The van der Waals surface area contributed by atoms with Crippen LogP contribution in [0.1, 0.15) is 5.69 Å². The zero-order valence-electron chi connectivity index (χ0n) is 13.4. The normalized spacial score (nSPS) is 14.5. The van der Waals surface area contributed by atoms with Gasteiger partial charge in [-0.3, -0.25) is 4.98 Å². The van der Waals surface area contributed by atoms with E-state index in [0.29, 0.717) is 11.7 Å². The van der Waals surface area contributed by atoms with Gasteiger partial charge in [0.1, 0.15) is 5.82 Å². The molecule has 3 aromatic rings. The summed E-state index contributed by atoms with van der Waals surface area (Å²) in [6.45, 7) is 4.74. The van der Waals surface area contributed by atoms with Crippen molar-refractivity contribution in [1.82, 2.24) is 29.9 Å². The van der Waals surface area contributed by atoms with Crippen molar-refractivity contribution < 1.29 is 0 Å². The SMILES string of the molecule is Cc1ccc(N2CC(CNc3cncc(-n4cccn4)n3)C2)nn1. The molecule has 1 fully saturated rings. The fraction of sp³-hybridized carbons (Fsp3) is 0.312. The largest absolute Gasteiger partial charge is 0.368 e. The van der Waals surface area contributed by atoms with Crippen molar-refractivity contribution in [3.8, 4) is 5.82 Å². The molecule has 1 saturated heterocycles. The van der Waals surface area contributed by atoms with E-state index in [1.807, 2.05) is 31.3 Å². The van der Waals surface area contributed by atoms with Gasteiger partial charge in [-0.1, -0.05) is 0 Å². The van der Waals surface area contributed by atoms with Crippen molar-refractivity contribution in [1.29, 1.82) is 0 Å². The second kappa shape index (κ2) is 6.23. The summed E-state index contributed by atoms with van der Waals surface area (Å²) in [7, 11) is 0. The highest BCUT2D eigenvalue weighted by atomic mass is 15.3. The van der Waals surface area contributed by atoms with Crippen LogP contribution in [-0.2, 0) is 0 Å². The Balaban J connectivity index is 1.31. The molecule has 1 aliphatic heterocycles. The van der Waals surface area contributed by atoms with Crippen LogP contribution in [0.5, 0.6) is 0 Å². The number of rotatable bonds is 5. The predicted molar refractivity (Wildman–Crippen MR) is 90.1 cm³/mol. The van der Waals surface area contributed by atoms with Crippen molar-refractivity contribution in [2.75, 3.05) is 29.9 Å². The first kappa shape index (κ1) is 14.6. The molecule has 122 valence electrons. The van der Waals surface area contributed by atoms with E-state index >= 15 is 0 Å². The predicted octanol–water partition coefficient (Wildman–Crippen LogP) is 1.31. The molecule has 0 atom stereocenters. The summed E-state index contributed by atoms with van der Waals surface area (Å²) in [5, 5.41) is 15.8. The molecule has 3 aromatic heterocycles. The zero-order chi connectivity index (χ0) is 16.4. The highest BCUT2D eigenvalue weighted by Crippen LogP contribution is 2.22. The van der Waals surface area contributed by atoms with Gasteiger partial charge in [0.05, 0.1) is 18.1 Å². The number of aromatic nitrogens is 6. The molecule has 8 heteroatoms. The van der Waals surface area contributed by atoms with E-state index in [0.717, 1.165) is 37.0 Å². The van der Waals surface area contributed by atoms with Crippen LogP contribution >= 0.6 is 0 Å². The molecule has 4 heterocycles. The Labute approximate surface area is 139 Å². The summed E-state index contributed by atoms with van der Waals surface area (Å²) in [6.07, 6.45) is 6.99. The van der Waals surface area contributed by atoms with Crippen LogP contribution in [0.3, 0.4) is 0 Å². The van der Waals surface area contributed by atoms with E-state index in [1.165, 1.54) is 0 Å². The molecule has 1 aliphatic rings. The fourth-order valence-corrected chi connectivity index (χ4v) is 2.65. The summed E-state index contributed by atoms with van der Waals surface area (Å²) in [6, 6.07) is 5.87. The lowest BCUT2D eigenvalue weighted by Gasteiger charge is -2.40. The average Bonchev–Trinajstić information content (AvgIpc) is 3.10. The fourth-order valence-electron chi connectivity index (χ4n) is 2.65. The van der Waals surface area contributed by atoms with Gasteiger partial charge in [0, 0.05) is 37.9 Å². The minimum atomic E-state index is 0.559. The standard InChI is InChI=1S/C16H18N8/c1-12-3-4-15(22-21-12)23-10-13(11-23)7-18-14-8-17-9-16(20-14)24-6-2-5-19-24/h2-6,8-9,13H,7,10-11H2,1H3,(H,18,20). The second-order valence-electron chi connectivity index (χ2n) is 5.90. The molecule has 0 bridgehead atoms. The van der Waals surface area contributed by atoms with Gasteiger partial charge < -0.3 is 10.2 Å². The molecular weight excluding hydrogens is 304 g/mol. The average molecular weight is 322 g/mol. The molecule has 8 nitrogen and oxygen atoms in total. The van der Waals surface area contributed by atoms with Gasteiger partial charge in [-0.15, -0.1) is 5.10 Å². The third-order valence-corrected chi connectivity index (χ3v) is 4.00. The van der Waals surface area contributed by atoms with Gasteiger partial charge in [0.15, 0.2) is 11.6 Å². The minimum Gasteiger partial charge on any atom is -0.368 e. The zero-order valence-corrected chi connectivity index (χ0v) is 13.4. The van der Waals surface area contributed by atoms with Crippen LogP contribution in [0.4, 0.5) is 11.6 Å². The molecule has 0 aliphatic carbocycles. The monoisotopic (exact) mass is 322 g/mol. The number of hydrogen-bond donors (Lipinski definition) is 1. The van der Waals surface area contributed by atoms with Gasteiger partial charge in [0.2, 0.25) is 0 Å². The lowest BCUT2D eigenvalue weighted by atomic mass is 10.0. The molecule has 1 N–H and O–H groups in total. The first-order valence-electron chi connectivity index (χ1n) is 7.89. The van der Waals surface area contributed by atoms with Gasteiger partial charge in [-0.2, -0.15) is 10.2 Å². The van der Waals surface area contributed by atoms with Gasteiger partial charge in [-0.25, -0.2) is 9.67 Å². The Kier molecular flexibility index (Phi) is 3.78. The smallest absolute Gasteiger partial charge is 0.173 e. The lowest BCUT2D eigenvalue weighted by Crippen LogP contribution is -2.50. The maximum Gasteiger partial charge on any atom is 0.173 e. The molecule has 0 saturated carbocycles. The van der Waals surface area contributed by atoms with Gasteiger partial charge in [0.25, 0.3) is 0 Å². The summed E-state index contributed by atoms with van der Waals surface area (Å²) < 4.78 is 1.69. The Bertz CT molecular complexity index is 793. The highest BCUT2D eigenvalue weighted by Gasteiger charge is 2.27. The molecular formula is C16H18N8. The topological polar surface area (TPSA) is 84.7 Å². The Morgan fingerprint density at radius 3 is 2.83 bits per heavy atom. The van der Waals surface area contributed by atoms with Crippen molar-refractivity contribution in [2.45, 2.75) is 6.92 Å². The molecule has 0 aromatic carbocycles. The van der Waals surface area contributed by atoms with Crippen molar-refractivity contribution >= 4 is 11.6 Å². The maximum absolute atomic E-state index is 4.52. The van der Waals surface area contributed by atoms with Crippen molar-refractivity contribution in [2.24, 2.45) is 5.92 Å². The summed E-state index contributed by atoms with van der Waals surface area (Å²) in [5.74, 6) is 2.97. The van der Waals surface area contributed by atoms with Crippen LogP contribution in [0.15, 0.2) is 43.0 Å². The third kappa shape index (κ3) is 3.03. The van der Waals surface area contributed by atoms with Crippen LogP contribution in [-0.4, -0.2) is 49.6 Å². The molecule has 24 heavy (non-hydrogen) atoms. The number of aryl methyl sites for hydroxylation is 1. The van der Waals surface area contributed by atoms with E-state index in [4.69, 9.17) is 0 Å². The van der Waals surface area contributed by atoms with Crippen molar-refractivity contribution in [3.63, 3.8) is 0 Å². The highest BCUT2D eigenvalue weighted by molar-refractivity contribution is 5.42. The Morgan fingerprint density at radius 1 is 1.17 bits per heavy atom. The Morgan fingerprint density at radius 2 is 2.08 bits per heavy atom. The number of anilines is 2. The minimum absolute atomic E-state index is 0.559. The number of nitrogens with one attached hydrogen (secondary N) is 1. The van der Waals surface area contributed by atoms with Crippen LogP contribution in [0, 0.1) is 12.8 Å². The van der Waals surface area contributed by atoms with E-state index in [9.17, 15) is 0 Å². The van der Waals surface area contributed by atoms with Crippen LogP contribution in [0.2, 0.25) is 0 Å². The molecule has 0 spiro atoms. The molecule has 4 rings (SSSR count). The van der Waals surface area contributed by atoms with Gasteiger partial charge >= 0.3 is 0 Å². The summed E-state index contributed by atoms with van der Waals surface area (Å²) >= 11 is 0. The summed E-state index contributed by atoms with van der Waals surface area (Å²) in [5.41, 5.74) is 0.938.